The second-order valence-electron chi connectivity index (χ2n) is 7.83. The molecular formula is C25H28N2O5. The van der Waals surface area contributed by atoms with Gasteiger partial charge in [-0.15, -0.1) is 0 Å². The van der Waals surface area contributed by atoms with Gasteiger partial charge in [0.25, 0.3) is 5.91 Å². The molecule has 1 saturated heterocycles. The molecule has 1 amide bonds. The summed E-state index contributed by atoms with van der Waals surface area (Å²) < 4.78 is 22.0. The van der Waals surface area contributed by atoms with Gasteiger partial charge in [-0.1, -0.05) is 12.1 Å². The summed E-state index contributed by atoms with van der Waals surface area (Å²) in [4.78, 5) is 19.0. The number of carbonyl (C=O) groups is 1. The summed E-state index contributed by atoms with van der Waals surface area (Å²) in [5.41, 5.74) is 1.13. The number of nitrogens with zero attached hydrogens (tertiary/aromatic N) is 2. The predicted molar refractivity (Wildman–Crippen MR) is 119 cm³/mol. The van der Waals surface area contributed by atoms with Crippen LogP contribution in [0.4, 0.5) is 0 Å². The van der Waals surface area contributed by atoms with Crippen molar-refractivity contribution in [1.82, 2.24) is 9.88 Å². The fourth-order valence-electron chi connectivity index (χ4n) is 3.85. The fourth-order valence-corrected chi connectivity index (χ4v) is 3.85. The lowest BCUT2D eigenvalue weighted by Gasteiger charge is -2.31. The zero-order valence-corrected chi connectivity index (χ0v) is 18.5. The maximum Gasteiger partial charge on any atom is 0.260 e. The number of hydrogen-bond donors (Lipinski definition) is 0. The van der Waals surface area contributed by atoms with Crippen LogP contribution in [0, 0.1) is 0 Å². The van der Waals surface area contributed by atoms with E-state index in [4.69, 9.17) is 18.6 Å². The molecule has 0 radical (unpaired) electrons. The van der Waals surface area contributed by atoms with E-state index in [1.165, 1.54) is 0 Å². The molecule has 2 heterocycles. The highest BCUT2D eigenvalue weighted by atomic mass is 16.5. The number of piperidine rings is 1. The number of methoxy groups -OCH3 is 2. The Bertz CT molecular complexity index is 1010. The number of benzene rings is 2. The van der Waals surface area contributed by atoms with Crippen molar-refractivity contribution in [1.29, 1.82) is 0 Å². The first-order valence-electron chi connectivity index (χ1n) is 10.8. The van der Waals surface area contributed by atoms with Crippen LogP contribution >= 0.6 is 0 Å². The molecule has 1 aromatic heterocycles. The first-order valence-corrected chi connectivity index (χ1v) is 10.8. The Balaban J connectivity index is 1.31. The van der Waals surface area contributed by atoms with Crippen LogP contribution in [0.1, 0.15) is 36.0 Å². The van der Waals surface area contributed by atoms with Crippen LogP contribution in [-0.4, -0.2) is 49.7 Å². The average molecular weight is 437 g/mol. The first-order chi connectivity index (χ1) is 15.6. The van der Waals surface area contributed by atoms with Gasteiger partial charge in [0, 0.05) is 19.5 Å². The standard InChI is InChI=1S/C25H28N2O5/c1-29-20-7-5-18(6-8-20)14-23-15-26-25(32-23)19-4-3-13-27(16-19)24(28)17-31-22-11-9-21(30-2)10-12-22/h5-12,15,19H,3-4,13-14,16-17H2,1-2H3. The quantitative estimate of drug-likeness (QED) is 0.530. The smallest absolute Gasteiger partial charge is 0.260 e. The number of likely N-dealkylation sites (tertiary alicyclic amines) is 1. The van der Waals surface area contributed by atoms with E-state index in [1.807, 2.05) is 41.3 Å². The van der Waals surface area contributed by atoms with Gasteiger partial charge in [-0.05, 0) is 54.8 Å². The molecule has 1 aliphatic rings. The van der Waals surface area contributed by atoms with Gasteiger partial charge >= 0.3 is 0 Å². The fraction of sp³-hybridized carbons (Fsp3) is 0.360. The monoisotopic (exact) mass is 436 g/mol. The minimum Gasteiger partial charge on any atom is -0.497 e. The molecule has 2 aromatic carbocycles. The molecule has 7 nitrogen and oxygen atoms in total. The van der Waals surface area contributed by atoms with Crippen molar-refractivity contribution in [2.75, 3.05) is 33.9 Å². The van der Waals surface area contributed by atoms with E-state index < -0.39 is 0 Å². The van der Waals surface area contributed by atoms with Gasteiger partial charge in [0.05, 0.1) is 26.3 Å². The number of aromatic nitrogens is 1. The van der Waals surface area contributed by atoms with Gasteiger partial charge in [0.1, 0.15) is 23.0 Å². The molecule has 32 heavy (non-hydrogen) atoms. The second-order valence-corrected chi connectivity index (χ2v) is 7.83. The van der Waals surface area contributed by atoms with Crippen LogP contribution in [-0.2, 0) is 11.2 Å². The SMILES string of the molecule is COc1ccc(Cc2cnc(C3CCCN(C(=O)COc4ccc(OC)cc4)C3)o2)cc1. The van der Waals surface area contributed by atoms with Gasteiger partial charge in [-0.25, -0.2) is 4.98 Å². The Hall–Kier alpha value is -3.48. The molecule has 0 aliphatic carbocycles. The van der Waals surface area contributed by atoms with Gasteiger partial charge in [-0.3, -0.25) is 4.79 Å². The van der Waals surface area contributed by atoms with Crippen LogP contribution in [0.2, 0.25) is 0 Å². The number of ether oxygens (including phenoxy) is 3. The summed E-state index contributed by atoms with van der Waals surface area (Å²) in [5, 5.41) is 0. The molecule has 7 heteroatoms. The largest absolute Gasteiger partial charge is 0.497 e. The van der Waals surface area contributed by atoms with Crippen molar-refractivity contribution in [3.63, 3.8) is 0 Å². The molecule has 1 atom stereocenters. The summed E-state index contributed by atoms with van der Waals surface area (Å²) in [5.74, 6) is 3.80. The van der Waals surface area contributed by atoms with Crippen LogP contribution in [0.3, 0.4) is 0 Å². The van der Waals surface area contributed by atoms with Crippen molar-refractivity contribution in [2.45, 2.75) is 25.2 Å². The minimum absolute atomic E-state index is 0.00729. The molecular weight excluding hydrogens is 408 g/mol. The molecule has 0 saturated carbocycles. The zero-order chi connectivity index (χ0) is 22.3. The van der Waals surface area contributed by atoms with Crippen molar-refractivity contribution in [3.05, 3.63) is 71.9 Å². The lowest BCUT2D eigenvalue weighted by molar-refractivity contribution is -0.134. The van der Waals surface area contributed by atoms with Gasteiger partial charge in [0.15, 0.2) is 12.5 Å². The van der Waals surface area contributed by atoms with Crippen molar-refractivity contribution in [3.8, 4) is 17.2 Å². The normalized spacial score (nSPS) is 15.9. The Kier molecular flexibility index (Phi) is 6.94. The minimum atomic E-state index is -0.0319. The Morgan fingerprint density at radius 2 is 1.69 bits per heavy atom. The summed E-state index contributed by atoms with van der Waals surface area (Å²) in [6.07, 6.45) is 4.32. The number of oxazole rings is 1. The first kappa shape index (κ1) is 21.7. The molecule has 4 rings (SSSR count). The lowest BCUT2D eigenvalue weighted by Crippen LogP contribution is -2.41. The molecule has 168 valence electrons. The molecule has 0 N–H and O–H groups in total. The molecule has 0 bridgehead atoms. The van der Waals surface area contributed by atoms with Crippen molar-refractivity contribution in [2.24, 2.45) is 0 Å². The highest BCUT2D eigenvalue weighted by molar-refractivity contribution is 5.78. The van der Waals surface area contributed by atoms with Gasteiger partial charge in [0.2, 0.25) is 0 Å². The maximum absolute atomic E-state index is 12.7. The van der Waals surface area contributed by atoms with E-state index >= 15 is 0 Å². The molecule has 1 unspecified atom stereocenters. The van der Waals surface area contributed by atoms with Crippen LogP contribution in [0.5, 0.6) is 17.2 Å². The van der Waals surface area contributed by atoms with Crippen LogP contribution in [0.15, 0.2) is 59.1 Å². The van der Waals surface area contributed by atoms with Crippen LogP contribution < -0.4 is 14.2 Å². The van der Waals surface area contributed by atoms with Gasteiger partial charge < -0.3 is 23.5 Å². The van der Waals surface area contributed by atoms with E-state index in [0.29, 0.717) is 24.6 Å². The van der Waals surface area contributed by atoms with Crippen molar-refractivity contribution >= 4 is 5.91 Å². The van der Waals surface area contributed by atoms with Crippen molar-refractivity contribution < 1.29 is 23.4 Å². The van der Waals surface area contributed by atoms with E-state index in [1.54, 1.807) is 32.5 Å². The molecule has 0 spiro atoms. The second kappa shape index (κ2) is 10.2. The summed E-state index contributed by atoms with van der Waals surface area (Å²) in [6, 6.07) is 15.1. The average Bonchev–Trinajstić information content (AvgIpc) is 3.32. The lowest BCUT2D eigenvalue weighted by atomic mass is 9.98. The summed E-state index contributed by atoms with van der Waals surface area (Å²) in [7, 11) is 3.27. The highest BCUT2D eigenvalue weighted by Crippen LogP contribution is 2.28. The third kappa shape index (κ3) is 5.41. The number of carbonyl (C=O) groups excluding carboxylic acids is 1. The number of hydrogen-bond acceptors (Lipinski definition) is 6. The predicted octanol–water partition coefficient (Wildman–Crippen LogP) is 4.07. The Morgan fingerprint density at radius 3 is 2.38 bits per heavy atom. The molecule has 3 aromatic rings. The van der Waals surface area contributed by atoms with Gasteiger partial charge in [-0.2, -0.15) is 0 Å². The van der Waals surface area contributed by atoms with E-state index in [0.717, 1.165) is 42.2 Å². The summed E-state index contributed by atoms with van der Waals surface area (Å²) >= 11 is 0. The molecule has 1 aliphatic heterocycles. The van der Waals surface area contributed by atoms with E-state index in [-0.39, 0.29) is 18.4 Å². The number of rotatable bonds is 8. The van der Waals surface area contributed by atoms with E-state index in [9.17, 15) is 4.79 Å². The third-order valence-corrected chi connectivity index (χ3v) is 5.65. The third-order valence-electron chi connectivity index (χ3n) is 5.65. The summed E-state index contributed by atoms with van der Waals surface area (Å²) in [6.45, 7) is 1.32. The Labute approximate surface area is 187 Å². The highest BCUT2D eigenvalue weighted by Gasteiger charge is 2.28. The zero-order valence-electron chi connectivity index (χ0n) is 18.5. The topological polar surface area (TPSA) is 74.0 Å². The van der Waals surface area contributed by atoms with E-state index in [2.05, 4.69) is 4.98 Å². The van der Waals surface area contributed by atoms with Crippen LogP contribution in [0.25, 0.3) is 0 Å². The maximum atomic E-state index is 12.7. The Morgan fingerprint density at radius 1 is 1.03 bits per heavy atom. The number of amides is 1. The molecule has 1 fully saturated rings.